The van der Waals surface area contributed by atoms with Crippen molar-refractivity contribution in [2.24, 2.45) is 0 Å². The summed E-state index contributed by atoms with van der Waals surface area (Å²) in [5, 5.41) is 0. The molecule has 0 bridgehead atoms. The minimum Gasteiger partial charge on any atom is -0.493 e. The summed E-state index contributed by atoms with van der Waals surface area (Å²) < 4.78 is 47.8. The summed E-state index contributed by atoms with van der Waals surface area (Å²) in [6.45, 7) is 3.70. The number of halogens is 1. The smallest absolute Gasteiger partial charge is 0.266 e. The van der Waals surface area contributed by atoms with E-state index in [-0.39, 0.29) is 16.6 Å². The molecule has 0 atom stereocenters. The molecule has 0 radical (unpaired) electrons. The van der Waals surface area contributed by atoms with Gasteiger partial charge in [-0.15, -0.1) is 4.83 Å². The van der Waals surface area contributed by atoms with E-state index in [1.54, 1.807) is 6.07 Å². The normalized spacial score (nSPS) is 11.3. The largest absolute Gasteiger partial charge is 0.493 e. The molecule has 0 unspecified atom stereocenters. The third kappa shape index (κ3) is 4.93. The van der Waals surface area contributed by atoms with E-state index in [4.69, 9.17) is 9.47 Å². The highest BCUT2D eigenvalue weighted by Crippen LogP contribution is 2.28. The molecule has 2 N–H and O–H groups in total. The summed E-state index contributed by atoms with van der Waals surface area (Å²) in [7, 11) is -2.59. The Labute approximate surface area is 151 Å². The number of carbonyl (C=O) groups is 1. The fourth-order valence-corrected chi connectivity index (χ4v) is 2.86. The fraction of sp³-hybridized carbons (Fsp3) is 0.235. The van der Waals surface area contributed by atoms with Crippen molar-refractivity contribution >= 4 is 15.9 Å². The van der Waals surface area contributed by atoms with Gasteiger partial charge in [0.15, 0.2) is 11.5 Å². The average Bonchev–Trinajstić information content (AvgIpc) is 2.60. The van der Waals surface area contributed by atoms with E-state index in [1.165, 1.54) is 19.2 Å². The lowest BCUT2D eigenvalue weighted by Gasteiger charge is -2.14. The number of methoxy groups -OCH3 is 1. The first-order valence-corrected chi connectivity index (χ1v) is 9.13. The maximum atomic E-state index is 12.9. The van der Waals surface area contributed by atoms with Gasteiger partial charge in [-0.2, -0.15) is 0 Å². The standard InChI is InChI=1S/C17H19FN2O5S/c1-11(2)25-15-9-4-12(10-16(15)24-3)17(21)19-20-26(22,23)14-7-5-13(18)6-8-14/h4-11,20H,1-3H3,(H,19,21). The van der Waals surface area contributed by atoms with Crippen molar-refractivity contribution in [3.05, 3.63) is 53.8 Å². The Morgan fingerprint density at radius 2 is 1.73 bits per heavy atom. The predicted molar refractivity (Wildman–Crippen MR) is 92.9 cm³/mol. The van der Waals surface area contributed by atoms with Gasteiger partial charge in [-0.25, -0.2) is 12.8 Å². The molecule has 0 aliphatic heterocycles. The number of sulfonamides is 1. The molecule has 0 fully saturated rings. The van der Waals surface area contributed by atoms with Crippen LogP contribution in [-0.4, -0.2) is 27.5 Å². The molecule has 0 aromatic heterocycles. The predicted octanol–water partition coefficient (Wildman–Crippen LogP) is 2.24. The van der Waals surface area contributed by atoms with Crippen LogP contribution in [0.15, 0.2) is 47.4 Å². The van der Waals surface area contributed by atoms with Crippen molar-refractivity contribution < 1.29 is 27.1 Å². The maximum Gasteiger partial charge on any atom is 0.266 e. The van der Waals surface area contributed by atoms with Crippen LogP contribution in [0.1, 0.15) is 24.2 Å². The zero-order valence-corrected chi connectivity index (χ0v) is 15.3. The van der Waals surface area contributed by atoms with E-state index in [2.05, 4.69) is 5.43 Å². The zero-order chi connectivity index (χ0) is 19.3. The SMILES string of the molecule is COc1cc(C(=O)NNS(=O)(=O)c2ccc(F)cc2)ccc1OC(C)C. The molecule has 140 valence electrons. The maximum absolute atomic E-state index is 12.9. The van der Waals surface area contributed by atoms with Crippen molar-refractivity contribution in [2.75, 3.05) is 7.11 Å². The van der Waals surface area contributed by atoms with Crippen LogP contribution in [0.3, 0.4) is 0 Å². The highest BCUT2D eigenvalue weighted by Gasteiger charge is 2.17. The molecule has 7 nitrogen and oxygen atoms in total. The zero-order valence-electron chi connectivity index (χ0n) is 14.4. The minimum atomic E-state index is -4.02. The van der Waals surface area contributed by atoms with E-state index < -0.39 is 21.7 Å². The first-order valence-electron chi connectivity index (χ1n) is 7.65. The molecule has 0 spiro atoms. The Bertz CT molecular complexity index is 883. The molecule has 2 aromatic carbocycles. The molecule has 0 saturated heterocycles. The molecule has 9 heteroatoms. The number of hydrogen-bond donors (Lipinski definition) is 2. The molecule has 0 aliphatic rings. The second-order valence-corrected chi connectivity index (χ2v) is 7.23. The average molecular weight is 382 g/mol. The first-order chi connectivity index (χ1) is 12.2. The monoisotopic (exact) mass is 382 g/mol. The molecule has 1 amide bonds. The van der Waals surface area contributed by atoms with Gasteiger partial charge in [0.1, 0.15) is 5.82 Å². The van der Waals surface area contributed by atoms with Crippen molar-refractivity contribution in [3.8, 4) is 11.5 Å². The number of hydrazine groups is 1. The van der Waals surface area contributed by atoms with Crippen LogP contribution in [0, 0.1) is 5.82 Å². The number of nitrogens with one attached hydrogen (secondary N) is 2. The van der Waals surface area contributed by atoms with Gasteiger partial charge >= 0.3 is 0 Å². The van der Waals surface area contributed by atoms with E-state index in [1.807, 2.05) is 18.7 Å². The lowest BCUT2D eigenvalue weighted by Crippen LogP contribution is -2.41. The number of benzene rings is 2. The topological polar surface area (TPSA) is 93.7 Å². The quantitative estimate of drug-likeness (QED) is 0.717. The summed E-state index contributed by atoms with van der Waals surface area (Å²) in [6.07, 6.45) is -0.0777. The lowest BCUT2D eigenvalue weighted by atomic mass is 10.2. The molecule has 2 rings (SSSR count). The molecule has 26 heavy (non-hydrogen) atoms. The van der Waals surface area contributed by atoms with Gasteiger partial charge in [-0.3, -0.25) is 10.2 Å². The summed E-state index contributed by atoms with van der Waals surface area (Å²) >= 11 is 0. The van der Waals surface area contributed by atoms with Gasteiger partial charge in [0.2, 0.25) is 0 Å². The van der Waals surface area contributed by atoms with Gasteiger partial charge in [0.25, 0.3) is 15.9 Å². The van der Waals surface area contributed by atoms with Crippen LogP contribution < -0.4 is 19.7 Å². The minimum absolute atomic E-state index is 0.0777. The summed E-state index contributed by atoms with van der Waals surface area (Å²) in [5.74, 6) is -0.451. The third-order valence-electron chi connectivity index (χ3n) is 3.21. The number of hydrogen-bond acceptors (Lipinski definition) is 5. The number of carbonyl (C=O) groups excluding carboxylic acids is 1. The molecular weight excluding hydrogens is 363 g/mol. The first kappa shape index (κ1) is 19.7. The number of ether oxygens (including phenoxy) is 2. The molecule has 0 aliphatic carbocycles. The van der Waals surface area contributed by atoms with Gasteiger partial charge < -0.3 is 9.47 Å². The van der Waals surface area contributed by atoms with Crippen LogP contribution in [0.4, 0.5) is 4.39 Å². The van der Waals surface area contributed by atoms with Crippen LogP contribution in [0.2, 0.25) is 0 Å². The van der Waals surface area contributed by atoms with Gasteiger partial charge in [0.05, 0.1) is 18.1 Å². The lowest BCUT2D eigenvalue weighted by molar-refractivity contribution is 0.0944. The number of rotatable bonds is 7. The van der Waals surface area contributed by atoms with Crippen molar-refractivity contribution in [3.63, 3.8) is 0 Å². The second kappa shape index (κ2) is 8.15. The highest BCUT2D eigenvalue weighted by molar-refractivity contribution is 7.89. The number of amides is 1. The van der Waals surface area contributed by atoms with Crippen LogP contribution in [-0.2, 0) is 10.0 Å². The Morgan fingerprint density at radius 3 is 2.31 bits per heavy atom. The molecule has 2 aromatic rings. The molecule has 0 heterocycles. The Morgan fingerprint density at radius 1 is 1.08 bits per heavy atom. The van der Waals surface area contributed by atoms with E-state index in [0.29, 0.717) is 11.5 Å². The summed E-state index contributed by atoms with van der Waals surface area (Å²) in [6, 6.07) is 8.66. The highest BCUT2D eigenvalue weighted by atomic mass is 32.2. The van der Waals surface area contributed by atoms with Crippen molar-refractivity contribution in [1.82, 2.24) is 10.3 Å². The van der Waals surface area contributed by atoms with Gasteiger partial charge in [0, 0.05) is 5.56 Å². The Balaban J connectivity index is 2.11. The van der Waals surface area contributed by atoms with E-state index in [0.717, 1.165) is 24.3 Å². The van der Waals surface area contributed by atoms with Gasteiger partial charge in [-0.05, 0) is 56.3 Å². The van der Waals surface area contributed by atoms with E-state index >= 15 is 0 Å². The Kier molecular flexibility index (Phi) is 6.17. The third-order valence-corrected chi connectivity index (χ3v) is 4.47. The molecule has 0 saturated carbocycles. The van der Waals surface area contributed by atoms with Gasteiger partial charge in [-0.1, -0.05) is 0 Å². The van der Waals surface area contributed by atoms with Crippen LogP contribution in [0.5, 0.6) is 11.5 Å². The second-order valence-electron chi connectivity index (χ2n) is 5.55. The van der Waals surface area contributed by atoms with E-state index in [9.17, 15) is 17.6 Å². The Hall–Kier alpha value is -2.65. The summed E-state index contributed by atoms with van der Waals surface area (Å²) in [4.78, 5) is 14.0. The van der Waals surface area contributed by atoms with Crippen molar-refractivity contribution in [2.45, 2.75) is 24.8 Å². The van der Waals surface area contributed by atoms with Crippen molar-refractivity contribution in [1.29, 1.82) is 0 Å². The summed E-state index contributed by atoms with van der Waals surface area (Å²) in [5.41, 5.74) is 2.26. The van der Waals surface area contributed by atoms with Crippen LogP contribution in [0.25, 0.3) is 0 Å². The molecular formula is C17H19FN2O5S. The fourth-order valence-electron chi connectivity index (χ4n) is 2.02. The van der Waals surface area contributed by atoms with Crippen LogP contribution >= 0.6 is 0 Å².